The van der Waals surface area contributed by atoms with Gasteiger partial charge in [-0.1, -0.05) is 19.9 Å². The number of phenols is 1. The van der Waals surface area contributed by atoms with Crippen LogP contribution in [-0.4, -0.2) is 34.7 Å². The number of piperidine rings is 1. The number of hydrogen-bond donors (Lipinski definition) is 2. The molecule has 3 atom stereocenters. The third kappa shape index (κ3) is 2.16. The van der Waals surface area contributed by atoms with Crippen LogP contribution in [0.2, 0.25) is 0 Å². The van der Waals surface area contributed by atoms with Gasteiger partial charge in [0.2, 0.25) is 0 Å². The van der Waals surface area contributed by atoms with Crippen molar-refractivity contribution in [2.75, 3.05) is 12.3 Å². The molecule has 3 rings (SSSR count). The number of nitrogens with zero attached hydrogens (tertiary/aromatic N) is 1. The van der Waals surface area contributed by atoms with E-state index < -0.39 is 23.5 Å². The maximum atomic E-state index is 12.8. The van der Waals surface area contributed by atoms with E-state index >= 15 is 0 Å². The zero-order chi connectivity index (χ0) is 17.2. The van der Waals surface area contributed by atoms with Crippen LogP contribution >= 0.6 is 0 Å². The summed E-state index contributed by atoms with van der Waals surface area (Å²) in [6.45, 7) is 3.85. The van der Waals surface area contributed by atoms with Gasteiger partial charge < -0.3 is 15.7 Å². The zero-order valence-electron chi connectivity index (χ0n) is 12.9. The second-order valence-electron chi connectivity index (χ2n) is 6.76. The van der Waals surface area contributed by atoms with Crippen molar-refractivity contribution in [1.29, 1.82) is 0 Å². The first kappa shape index (κ1) is 16.0. The summed E-state index contributed by atoms with van der Waals surface area (Å²) in [5, 5.41) is 9.88. The van der Waals surface area contributed by atoms with Crippen molar-refractivity contribution < 1.29 is 23.1 Å². The second kappa shape index (κ2) is 4.79. The Morgan fingerprint density at radius 3 is 2.70 bits per heavy atom. The third-order valence-corrected chi connectivity index (χ3v) is 5.67. The molecule has 1 saturated heterocycles. The van der Waals surface area contributed by atoms with Crippen LogP contribution in [0.25, 0.3) is 0 Å². The number of amides is 1. The van der Waals surface area contributed by atoms with Crippen molar-refractivity contribution in [2.45, 2.75) is 44.3 Å². The smallest absolute Gasteiger partial charge is 0.471 e. The highest BCUT2D eigenvalue weighted by molar-refractivity contribution is 5.82. The lowest BCUT2D eigenvalue weighted by molar-refractivity contribution is -0.192. The molecule has 3 N–H and O–H groups in total. The number of aromatic hydroxyl groups is 1. The molecule has 0 unspecified atom stereocenters. The number of fused-ring (bicyclic) bond motifs is 4. The Morgan fingerprint density at radius 1 is 1.43 bits per heavy atom. The Labute approximate surface area is 132 Å². The number of carbonyl (C=O) groups is 1. The standard InChI is InChI=1S/C16H19F3N2O2/c1-8-10-7-9-3-4-11(22)13(20)12(9)15(8,2)5-6-21(10)14(23)16(17,18)19/h3-4,8,10,22H,5-7,20H2,1-2H3/t8-,10-,15-/m1/s1. The fourth-order valence-electron chi connectivity index (χ4n) is 4.22. The molecule has 7 heteroatoms. The molecule has 1 amide bonds. The molecule has 126 valence electrons. The third-order valence-electron chi connectivity index (χ3n) is 5.67. The number of benzene rings is 1. The summed E-state index contributed by atoms with van der Waals surface area (Å²) in [7, 11) is 0. The molecule has 1 heterocycles. The minimum Gasteiger partial charge on any atom is -0.506 e. The first-order chi connectivity index (χ1) is 10.6. The summed E-state index contributed by atoms with van der Waals surface area (Å²) >= 11 is 0. The Kier molecular flexibility index (Phi) is 3.32. The summed E-state index contributed by atoms with van der Waals surface area (Å²) < 4.78 is 38.5. The van der Waals surface area contributed by atoms with Crippen molar-refractivity contribution in [3.63, 3.8) is 0 Å². The topological polar surface area (TPSA) is 66.6 Å². The van der Waals surface area contributed by atoms with E-state index in [4.69, 9.17) is 5.73 Å². The number of rotatable bonds is 0. The van der Waals surface area contributed by atoms with E-state index in [2.05, 4.69) is 0 Å². The molecular weight excluding hydrogens is 309 g/mol. The number of alkyl halides is 3. The minimum atomic E-state index is -4.86. The maximum Gasteiger partial charge on any atom is 0.471 e. The van der Waals surface area contributed by atoms with Gasteiger partial charge in [-0.05, 0) is 36.0 Å². The molecule has 4 nitrogen and oxygen atoms in total. The number of carbonyl (C=O) groups excluding carboxylic acids is 1. The summed E-state index contributed by atoms with van der Waals surface area (Å²) in [4.78, 5) is 12.7. The SMILES string of the molecule is C[C@@H]1[C@H]2Cc3ccc(O)c(N)c3[C@]1(C)CCN2C(=O)C(F)(F)F. The van der Waals surface area contributed by atoms with Crippen LogP contribution in [0.5, 0.6) is 5.75 Å². The van der Waals surface area contributed by atoms with E-state index in [0.29, 0.717) is 18.5 Å². The Hall–Kier alpha value is -1.92. The van der Waals surface area contributed by atoms with E-state index in [1.54, 1.807) is 6.07 Å². The van der Waals surface area contributed by atoms with Crippen LogP contribution in [-0.2, 0) is 16.6 Å². The van der Waals surface area contributed by atoms with Crippen LogP contribution < -0.4 is 5.73 Å². The largest absolute Gasteiger partial charge is 0.506 e. The van der Waals surface area contributed by atoms with Gasteiger partial charge in [-0.25, -0.2) is 0 Å². The molecule has 2 bridgehead atoms. The zero-order valence-corrected chi connectivity index (χ0v) is 12.9. The van der Waals surface area contributed by atoms with Crippen LogP contribution in [0.1, 0.15) is 31.4 Å². The Balaban J connectivity index is 2.08. The number of nitrogen functional groups attached to an aromatic ring is 1. The Bertz CT molecular complexity index is 674. The maximum absolute atomic E-state index is 12.8. The number of likely N-dealkylation sites (tertiary alicyclic amines) is 1. The van der Waals surface area contributed by atoms with Crippen molar-refractivity contribution in [1.82, 2.24) is 4.90 Å². The Morgan fingerprint density at radius 2 is 2.09 bits per heavy atom. The fourth-order valence-corrected chi connectivity index (χ4v) is 4.22. The summed E-state index contributed by atoms with van der Waals surface area (Å²) in [6, 6.07) is 2.64. The lowest BCUT2D eigenvalue weighted by atomic mass is 9.58. The average molecular weight is 328 g/mol. The fraction of sp³-hybridized carbons (Fsp3) is 0.562. The predicted molar refractivity (Wildman–Crippen MR) is 78.9 cm³/mol. The molecule has 1 fully saturated rings. The second-order valence-corrected chi connectivity index (χ2v) is 6.76. The van der Waals surface area contributed by atoms with Crippen LogP contribution in [0.15, 0.2) is 12.1 Å². The molecular formula is C16H19F3N2O2. The van der Waals surface area contributed by atoms with Crippen molar-refractivity contribution >= 4 is 11.6 Å². The van der Waals surface area contributed by atoms with Gasteiger partial charge in [0, 0.05) is 18.0 Å². The van der Waals surface area contributed by atoms with E-state index in [1.807, 2.05) is 13.8 Å². The molecule has 1 aromatic rings. The number of nitrogens with two attached hydrogens (primary N) is 1. The van der Waals surface area contributed by atoms with Gasteiger partial charge in [0.25, 0.3) is 0 Å². The molecule has 0 radical (unpaired) electrons. The van der Waals surface area contributed by atoms with Crippen molar-refractivity contribution in [3.05, 3.63) is 23.3 Å². The van der Waals surface area contributed by atoms with Crippen molar-refractivity contribution in [3.8, 4) is 5.75 Å². The van der Waals surface area contributed by atoms with Gasteiger partial charge in [0.1, 0.15) is 5.75 Å². The number of anilines is 1. The summed E-state index contributed by atoms with van der Waals surface area (Å²) in [5.41, 5.74) is 7.51. The molecule has 1 aliphatic heterocycles. The number of halogens is 3. The van der Waals surface area contributed by atoms with E-state index in [0.717, 1.165) is 16.0 Å². The quantitative estimate of drug-likeness (QED) is 0.568. The summed E-state index contributed by atoms with van der Waals surface area (Å²) in [6.07, 6.45) is -4.16. The van der Waals surface area contributed by atoms with Crippen LogP contribution in [0, 0.1) is 5.92 Å². The van der Waals surface area contributed by atoms with Crippen molar-refractivity contribution in [2.24, 2.45) is 5.92 Å². The molecule has 0 spiro atoms. The highest BCUT2D eigenvalue weighted by atomic mass is 19.4. The molecule has 0 aromatic heterocycles. The molecule has 1 aliphatic carbocycles. The molecule has 0 saturated carbocycles. The monoisotopic (exact) mass is 328 g/mol. The van der Waals surface area contributed by atoms with Gasteiger partial charge in [-0.15, -0.1) is 0 Å². The van der Waals surface area contributed by atoms with Crippen LogP contribution in [0.3, 0.4) is 0 Å². The van der Waals surface area contributed by atoms with Gasteiger partial charge in [0.15, 0.2) is 0 Å². The van der Waals surface area contributed by atoms with Gasteiger partial charge in [0.05, 0.1) is 5.69 Å². The van der Waals surface area contributed by atoms with Gasteiger partial charge in [-0.3, -0.25) is 4.79 Å². The first-order valence-electron chi connectivity index (χ1n) is 7.56. The minimum absolute atomic E-state index is 0.00979. The van der Waals surface area contributed by atoms with Gasteiger partial charge >= 0.3 is 12.1 Å². The highest BCUT2D eigenvalue weighted by Crippen LogP contribution is 2.52. The lowest BCUT2D eigenvalue weighted by Crippen LogP contribution is -2.61. The highest BCUT2D eigenvalue weighted by Gasteiger charge is 2.54. The average Bonchev–Trinajstić information content (AvgIpc) is 2.44. The molecule has 23 heavy (non-hydrogen) atoms. The first-order valence-corrected chi connectivity index (χ1v) is 7.56. The summed E-state index contributed by atoms with van der Waals surface area (Å²) in [5.74, 6) is -1.96. The normalized spacial score (nSPS) is 30.0. The molecule has 1 aromatic carbocycles. The number of hydrogen-bond acceptors (Lipinski definition) is 3. The predicted octanol–water partition coefficient (Wildman–Crippen LogP) is 2.59. The molecule has 2 aliphatic rings. The van der Waals surface area contributed by atoms with E-state index in [1.165, 1.54) is 6.07 Å². The lowest BCUT2D eigenvalue weighted by Gasteiger charge is -2.54. The van der Waals surface area contributed by atoms with Gasteiger partial charge in [-0.2, -0.15) is 13.2 Å². The van der Waals surface area contributed by atoms with Crippen LogP contribution in [0.4, 0.5) is 18.9 Å². The van der Waals surface area contributed by atoms with E-state index in [9.17, 15) is 23.1 Å². The van der Waals surface area contributed by atoms with E-state index in [-0.39, 0.29) is 18.2 Å². The number of phenolic OH excluding ortho intramolecular Hbond substituents is 1.